The third-order valence-electron chi connectivity index (χ3n) is 3.80. The van der Waals surface area contributed by atoms with Gasteiger partial charge in [-0.15, -0.1) is 0 Å². The second-order valence-electron chi connectivity index (χ2n) is 6.14. The molecular weight excluding hydrogens is 282 g/mol. The topological polar surface area (TPSA) is 75.6 Å². The number of hydrogen-bond acceptors (Lipinski definition) is 3. The number of benzene rings is 1. The first-order valence-electron chi connectivity index (χ1n) is 7.61. The molecule has 1 heterocycles. The molecule has 0 aromatic heterocycles. The van der Waals surface area contributed by atoms with Crippen molar-refractivity contribution < 1.29 is 19.4 Å². The summed E-state index contributed by atoms with van der Waals surface area (Å²) in [4.78, 5) is 23.0. The molecule has 1 aromatic carbocycles. The van der Waals surface area contributed by atoms with Gasteiger partial charge in [0.2, 0.25) is 5.91 Å². The SMILES string of the molecule is Cc1cc(C)cc(CC(C)NC(=O)[C@@H]2CC[C@H](C(=O)O)O2)c1. The third kappa shape index (κ3) is 4.31. The fourth-order valence-electron chi connectivity index (χ4n) is 2.94. The Labute approximate surface area is 130 Å². The van der Waals surface area contributed by atoms with Crippen LogP contribution in [0, 0.1) is 13.8 Å². The maximum absolute atomic E-state index is 12.1. The minimum absolute atomic E-state index is 0.0267. The predicted molar refractivity (Wildman–Crippen MR) is 82.8 cm³/mol. The number of nitrogens with one attached hydrogen (secondary N) is 1. The number of ether oxygens (including phenoxy) is 1. The summed E-state index contributed by atoms with van der Waals surface area (Å²) >= 11 is 0. The first-order valence-corrected chi connectivity index (χ1v) is 7.61. The summed E-state index contributed by atoms with van der Waals surface area (Å²) in [6, 6.07) is 6.32. The number of carbonyl (C=O) groups is 2. The van der Waals surface area contributed by atoms with Gasteiger partial charge >= 0.3 is 5.97 Å². The minimum Gasteiger partial charge on any atom is -0.479 e. The van der Waals surface area contributed by atoms with Gasteiger partial charge in [0, 0.05) is 6.04 Å². The van der Waals surface area contributed by atoms with Crippen LogP contribution < -0.4 is 5.32 Å². The number of carboxylic acids is 1. The Morgan fingerprint density at radius 3 is 2.36 bits per heavy atom. The smallest absolute Gasteiger partial charge is 0.332 e. The predicted octanol–water partition coefficient (Wildman–Crippen LogP) is 1.98. The largest absolute Gasteiger partial charge is 0.479 e. The monoisotopic (exact) mass is 305 g/mol. The van der Waals surface area contributed by atoms with Gasteiger partial charge in [-0.05, 0) is 45.6 Å². The van der Waals surface area contributed by atoms with E-state index in [9.17, 15) is 9.59 Å². The van der Waals surface area contributed by atoms with Gasteiger partial charge in [0.25, 0.3) is 0 Å². The van der Waals surface area contributed by atoms with Crippen molar-refractivity contribution in [2.75, 3.05) is 0 Å². The molecule has 1 aliphatic rings. The van der Waals surface area contributed by atoms with Crippen molar-refractivity contribution in [1.29, 1.82) is 0 Å². The highest BCUT2D eigenvalue weighted by Gasteiger charge is 2.34. The Hall–Kier alpha value is -1.88. The maximum Gasteiger partial charge on any atom is 0.332 e. The molecule has 22 heavy (non-hydrogen) atoms. The van der Waals surface area contributed by atoms with Gasteiger partial charge < -0.3 is 15.2 Å². The number of carboxylic acid groups (broad SMARTS) is 1. The molecule has 1 fully saturated rings. The minimum atomic E-state index is -1.00. The quantitative estimate of drug-likeness (QED) is 0.872. The fourth-order valence-corrected chi connectivity index (χ4v) is 2.94. The molecule has 0 saturated carbocycles. The lowest BCUT2D eigenvalue weighted by Gasteiger charge is -2.18. The molecule has 5 heteroatoms. The number of hydrogen-bond donors (Lipinski definition) is 2. The summed E-state index contributed by atoms with van der Waals surface area (Å²) in [5.41, 5.74) is 3.59. The van der Waals surface area contributed by atoms with E-state index < -0.39 is 18.2 Å². The number of rotatable bonds is 5. The summed E-state index contributed by atoms with van der Waals surface area (Å²) in [6.07, 6.45) is 0.0784. The van der Waals surface area contributed by atoms with Gasteiger partial charge in [-0.1, -0.05) is 29.3 Å². The number of carbonyl (C=O) groups excluding carboxylic acids is 1. The van der Waals surface area contributed by atoms with E-state index in [4.69, 9.17) is 9.84 Å². The number of aliphatic carboxylic acids is 1. The molecule has 1 saturated heterocycles. The Morgan fingerprint density at radius 1 is 1.23 bits per heavy atom. The zero-order chi connectivity index (χ0) is 16.3. The van der Waals surface area contributed by atoms with Crippen LogP contribution in [-0.4, -0.2) is 35.2 Å². The fraction of sp³-hybridized carbons (Fsp3) is 0.529. The van der Waals surface area contributed by atoms with Gasteiger partial charge in [0.05, 0.1) is 0 Å². The van der Waals surface area contributed by atoms with E-state index in [2.05, 4.69) is 37.4 Å². The Kier molecular flexibility index (Phi) is 5.19. The average molecular weight is 305 g/mol. The summed E-state index contributed by atoms with van der Waals surface area (Å²) in [7, 11) is 0. The molecule has 0 bridgehead atoms. The van der Waals surface area contributed by atoms with Crippen LogP contribution >= 0.6 is 0 Å². The van der Waals surface area contributed by atoms with Crippen LogP contribution in [0.25, 0.3) is 0 Å². The van der Waals surface area contributed by atoms with E-state index in [0.717, 1.165) is 6.42 Å². The van der Waals surface area contributed by atoms with Crippen LogP contribution in [-0.2, 0) is 20.7 Å². The lowest BCUT2D eigenvalue weighted by molar-refractivity contribution is -0.151. The maximum atomic E-state index is 12.1. The molecule has 2 rings (SSSR count). The molecule has 0 radical (unpaired) electrons. The van der Waals surface area contributed by atoms with Gasteiger partial charge in [-0.25, -0.2) is 4.79 Å². The van der Waals surface area contributed by atoms with Crippen molar-refractivity contribution in [2.45, 2.75) is 58.3 Å². The lowest BCUT2D eigenvalue weighted by Crippen LogP contribution is -2.41. The first kappa shape index (κ1) is 16.5. The Morgan fingerprint density at radius 2 is 1.82 bits per heavy atom. The van der Waals surface area contributed by atoms with Crippen molar-refractivity contribution in [2.24, 2.45) is 0 Å². The Bertz CT molecular complexity index is 550. The lowest BCUT2D eigenvalue weighted by atomic mass is 10.0. The van der Waals surface area contributed by atoms with Crippen LogP contribution in [0.15, 0.2) is 18.2 Å². The zero-order valence-corrected chi connectivity index (χ0v) is 13.3. The molecule has 5 nitrogen and oxygen atoms in total. The second kappa shape index (κ2) is 6.92. The standard InChI is InChI=1S/C17H23NO4/c1-10-6-11(2)8-13(7-10)9-12(3)18-16(19)14-4-5-15(22-14)17(20)21/h6-8,12,14-15H,4-5,9H2,1-3H3,(H,18,19)(H,20,21)/t12?,14-,15+/m0/s1. The van der Waals surface area contributed by atoms with Gasteiger partial charge in [0.15, 0.2) is 6.10 Å². The molecule has 0 spiro atoms. The highest BCUT2D eigenvalue weighted by molar-refractivity contribution is 5.82. The van der Waals surface area contributed by atoms with E-state index in [0.29, 0.717) is 12.8 Å². The summed E-state index contributed by atoms with van der Waals surface area (Å²) in [6.45, 7) is 6.05. The molecule has 1 aromatic rings. The van der Waals surface area contributed by atoms with Gasteiger partial charge in [-0.3, -0.25) is 4.79 Å². The number of amides is 1. The van der Waals surface area contributed by atoms with Crippen molar-refractivity contribution in [1.82, 2.24) is 5.32 Å². The van der Waals surface area contributed by atoms with Crippen molar-refractivity contribution in [3.05, 3.63) is 34.9 Å². The average Bonchev–Trinajstić information content (AvgIpc) is 2.86. The first-order chi connectivity index (χ1) is 10.3. The van der Waals surface area contributed by atoms with Crippen molar-refractivity contribution in [3.8, 4) is 0 Å². The molecule has 120 valence electrons. The highest BCUT2D eigenvalue weighted by atomic mass is 16.5. The molecule has 0 aliphatic carbocycles. The van der Waals surface area contributed by atoms with E-state index in [1.165, 1.54) is 16.7 Å². The number of aryl methyl sites for hydroxylation is 2. The van der Waals surface area contributed by atoms with Crippen molar-refractivity contribution in [3.63, 3.8) is 0 Å². The molecular formula is C17H23NO4. The summed E-state index contributed by atoms with van der Waals surface area (Å²) in [5, 5.41) is 11.8. The second-order valence-corrected chi connectivity index (χ2v) is 6.14. The van der Waals surface area contributed by atoms with Crippen LogP contribution in [0.3, 0.4) is 0 Å². The normalized spacial score (nSPS) is 22.3. The molecule has 3 atom stereocenters. The van der Waals surface area contributed by atoms with Gasteiger partial charge in [-0.2, -0.15) is 0 Å². The summed E-state index contributed by atoms with van der Waals surface area (Å²) < 4.78 is 5.26. The van der Waals surface area contributed by atoms with Crippen LogP contribution in [0.2, 0.25) is 0 Å². The summed E-state index contributed by atoms with van der Waals surface area (Å²) in [5.74, 6) is -1.22. The molecule has 1 amide bonds. The Balaban J connectivity index is 1.88. The zero-order valence-electron chi connectivity index (χ0n) is 13.3. The van der Waals surface area contributed by atoms with E-state index in [-0.39, 0.29) is 11.9 Å². The van der Waals surface area contributed by atoms with Crippen LogP contribution in [0.4, 0.5) is 0 Å². The van der Waals surface area contributed by atoms with Crippen molar-refractivity contribution >= 4 is 11.9 Å². The van der Waals surface area contributed by atoms with E-state index in [1.54, 1.807) is 0 Å². The molecule has 2 N–H and O–H groups in total. The molecule has 1 unspecified atom stereocenters. The van der Waals surface area contributed by atoms with Gasteiger partial charge in [0.1, 0.15) is 6.10 Å². The highest BCUT2D eigenvalue weighted by Crippen LogP contribution is 2.20. The van der Waals surface area contributed by atoms with E-state index in [1.807, 2.05) is 6.92 Å². The van der Waals surface area contributed by atoms with Crippen LogP contribution in [0.5, 0.6) is 0 Å². The third-order valence-corrected chi connectivity index (χ3v) is 3.80. The van der Waals surface area contributed by atoms with E-state index >= 15 is 0 Å². The molecule has 1 aliphatic heterocycles. The van der Waals surface area contributed by atoms with Crippen LogP contribution in [0.1, 0.15) is 36.5 Å².